The lowest BCUT2D eigenvalue weighted by Gasteiger charge is -2.42. The predicted molar refractivity (Wildman–Crippen MR) is 75.0 cm³/mol. The van der Waals surface area contributed by atoms with Crippen LogP contribution in [0.5, 0.6) is 0 Å². The minimum atomic E-state index is 0.316. The maximum absolute atomic E-state index is 8.83. The van der Waals surface area contributed by atoms with Gasteiger partial charge in [-0.25, -0.2) is 0 Å². The quantitative estimate of drug-likeness (QED) is 0.696. The van der Waals surface area contributed by atoms with Crippen molar-refractivity contribution in [2.24, 2.45) is 17.3 Å². The molecule has 1 fully saturated rings. The molecule has 0 aliphatic heterocycles. The van der Waals surface area contributed by atoms with E-state index in [1.54, 1.807) is 0 Å². The first kappa shape index (κ1) is 14.8. The van der Waals surface area contributed by atoms with E-state index in [0.29, 0.717) is 12.0 Å². The van der Waals surface area contributed by atoms with Crippen LogP contribution in [-0.4, -0.2) is 11.7 Å². The van der Waals surface area contributed by atoms with Crippen LogP contribution < -0.4 is 0 Å². The molecule has 2 atom stereocenters. The number of hydrogen-bond donors (Lipinski definition) is 1. The summed E-state index contributed by atoms with van der Waals surface area (Å²) in [5, 5.41) is 8.83. The molecule has 0 amide bonds. The summed E-state index contributed by atoms with van der Waals surface area (Å²) >= 11 is 0. The molecule has 100 valence electrons. The minimum Gasteiger partial charge on any atom is -0.396 e. The van der Waals surface area contributed by atoms with Crippen LogP contribution in [0.3, 0.4) is 0 Å². The van der Waals surface area contributed by atoms with Crippen molar-refractivity contribution in [2.75, 3.05) is 6.61 Å². The zero-order chi connectivity index (χ0) is 12.9. The molecule has 1 aliphatic rings. The van der Waals surface area contributed by atoms with E-state index in [1.165, 1.54) is 31.3 Å². The number of hydrogen-bond acceptors (Lipinski definition) is 1. The lowest BCUT2D eigenvalue weighted by atomic mass is 9.63. The predicted octanol–water partition coefficient (Wildman–Crippen LogP) is 4.56. The molecule has 0 aromatic carbocycles. The lowest BCUT2D eigenvalue weighted by molar-refractivity contribution is 0.0861. The van der Waals surface area contributed by atoms with Crippen molar-refractivity contribution >= 4 is 0 Å². The summed E-state index contributed by atoms with van der Waals surface area (Å²) in [6.45, 7) is 9.81. The van der Waals surface area contributed by atoms with E-state index >= 15 is 0 Å². The summed E-state index contributed by atoms with van der Waals surface area (Å²) in [7, 11) is 0. The van der Waals surface area contributed by atoms with E-state index in [-0.39, 0.29) is 0 Å². The normalized spacial score (nSPS) is 29.4. The maximum Gasteiger partial charge on any atom is 0.0434 e. The molecule has 0 radical (unpaired) electrons. The Hall–Kier alpha value is -0.300. The van der Waals surface area contributed by atoms with E-state index in [2.05, 4.69) is 33.8 Å². The number of aliphatic hydroxyl groups is 1. The van der Waals surface area contributed by atoms with Crippen molar-refractivity contribution in [3.63, 3.8) is 0 Å². The second-order valence-corrected chi connectivity index (χ2v) is 6.58. The summed E-state index contributed by atoms with van der Waals surface area (Å²) in [4.78, 5) is 0. The SMILES string of the molecule is CC(=CCC1C(C)CCCC1(C)C)CCCO. The standard InChI is InChI=1S/C16H30O/c1-13(7-6-12-17)9-10-15-14(2)8-5-11-16(15,3)4/h9,14-15,17H,5-8,10-12H2,1-4H3. The fraction of sp³-hybridized carbons (Fsp3) is 0.875. The second kappa shape index (κ2) is 6.58. The van der Waals surface area contributed by atoms with Crippen molar-refractivity contribution in [2.45, 2.75) is 66.2 Å². The molecule has 0 aromatic heterocycles. The van der Waals surface area contributed by atoms with Crippen LogP contribution >= 0.6 is 0 Å². The van der Waals surface area contributed by atoms with E-state index in [4.69, 9.17) is 5.11 Å². The molecule has 0 aromatic rings. The van der Waals surface area contributed by atoms with Gasteiger partial charge in [0.15, 0.2) is 0 Å². The number of allylic oxidation sites excluding steroid dienone is 2. The van der Waals surface area contributed by atoms with Crippen molar-refractivity contribution in [1.82, 2.24) is 0 Å². The molecule has 1 rings (SSSR count). The van der Waals surface area contributed by atoms with Gasteiger partial charge >= 0.3 is 0 Å². The largest absolute Gasteiger partial charge is 0.396 e. The number of rotatable bonds is 5. The first-order chi connectivity index (χ1) is 7.97. The highest BCUT2D eigenvalue weighted by Gasteiger charge is 2.35. The van der Waals surface area contributed by atoms with Crippen LogP contribution in [0.4, 0.5) is 0 Å². The average Bonchev–Trinajstić information content (AvgIpc) is 2.24. The zero-order valence-corrected chi connectivity index (χ0v) is 12.1. The van der Waals surface area contributed by atoms with Crippen molar-refractivity contribution < 1.29 is 5.11 Å². The summed E-state index contributed by atoms with van der Waals surface area (Å²) in [5.41, 5.74) is 1.96. The molecular weight excluding hydrogens is 208 g/mol. The van der Waals surface area contributed by atoms with Gasteiger partial charge in [-0.1, -0.05) is 45.3 Å². The summed E-state index contributed by atoms with van der Waals surface area (Å²) in [6.07, 6.45) is 9.79. The summed E-state index contributed by atoms with van der Waals surface area (Å²) in [5.74, 6) is 1.70. The van der Waals surface area contributed by atoms with Crippen LogP contribution in [0.1, 0.15) is 66.2 Å². The van der Waals surface area contributed by atoms with Gasteiger partial charge in [0.1, 0.15) is 0 Å². The van der Waals surface area contributed by atoms with Gasteiger partial charge in [-0.05, 0) is 49.9 Å². The van der Waals surface area contributed by atoms with Gasteiger partial charge in [0.05, 0.1) is 0 Å². The Labute approximate surface area is 107 Å². The first-order valence-electron chi connectivity index (χ1n) is 7.24. The minimum absolute atomic E-state index is 0.316. The van der Waals surface area contributed by atoms with E-state index in [1.807, 2.05) is 0 Å². The van der Waals surface area contributed by atoms with Crippen molar-refractivity contribution in [3.05, 3.63) is 11.6 Å². The highest BCUT2D eigenvalue weighted by molar-refractivity contribution is 5.01. The highest BCUT2D eigenvalue weighted by Crippen LogP contribution is 2.45. The average molecular weight is 238 g/mol. The Bertz CT molecular complexity index is 252. The van der Waals surface area contributed by atoms with Crippen LogP contribution in [0.2, 0.25) is 0 Å². The molecule has 17 heavy (non-hydrogen) atoms. The Morgan fingerprint density at radius 2 is 2.12 bits per heavy atom. The van der Waals surface area contributed by atoms with Gasteiger partial charge in [-0.3, -0.25) is 0 Å². The lowest BCUT2D eigenvalue weighted by Crippen LogP contribution is -2.33. The Kier molecular flexibility index (Phi) is 5.72. The van der Waals surface area contributed by atoms with Crippen LogP contribution in [0.15, 0.2) is 11.6 Å². The third-order valence-corrected chi connectivity index (χ3v) is 4.62. The molecule has 0 saturated heterocycles. The number of aliphatic hydroxyl groups excluding tert-OH is 1. The molecule has 1 aliphatic carbocycles. The van der Waals surface area contributed by atoms with E-state index < -0.39 is 0 Å². The van der Waals surface area contributed by atoms with Gasteiger partial charge < -0.3 is 5.11 Å². The van der Waals surface area contributed by atoms with Crippen molar-refractivity contribution in [1.29, 1.82) is 0 Å². The zero-order valence-electron chi connectivity index (χ0n) is 12.1. The van der Waals surface area contributed by atoms with Gasteiger partial charge in [0, 0.05) is 6.61 Å². The molecular formula is C16H30O. The maximum atomic E-state index is 8.83. The van der Waals surface area contributed by atoms with Gasteiger partial charge in [0.2, 0.25) is 0 Å². The Morgan fingerprint density at radius 3 is 2.71 bits per heavy atom. The van der Waals surface area contributed by atoms with Crippen molar-refractivity contribution in [3.8, 4) is 0 Å². The second-order valence-electron chi connectivity index (χ2n) is 6.58. The van der Waals surface area contributed by atoms with Crippen LogP contribution in [0.25, 0.3) is 0 Å². The molecule has 1 nitrogen and oxygen atoms in total. The van der Waals surface area contributed by atoms with Gasteiger partial charge in [-0.15, -0.1) is 0 Å². The molecule has 0 spiro atoms. The molecule has 2 unspecified atom stereocenters. The third kappa shape index (κ3) is 4.46. The fourth-order valence-electron chi connectivity index (χ4n) is 3.38. The molecule has 1 N–H and O–H groups in total. The third-order valence-electron chi connectivity index (χ3n) is 4.62. The van der Waals surface area contributed by atoms with Crippen LogP contribution in [0, 0.1) is 17.3 Å². The topological polar surface area (TPSA) is 20.2 Å². The molecule has 0 bridgehead atoms. The highest BCUT2D eigenvalue weighted by atomic mass is 16.2. The monoisotopic (exact) mass is 238 g/mol. The molecule has 1 saturated carbocycles. The smallest absolute Gasteiger partial charge is 0.0434 e. The molecule has 0 heterocycles. The molecule has 1 heteroatoms. The summed E-state index contributed by atoms with van der Waals surface area (Å²) < 4.78 is 0. The van der Waals surface area contributed by atoms with E-state index in [9.17, 15) is 0 Å². The fourth-order valence-corrected chi connectivity index (χ4v) is 3.38. The van der Waals surface area contributed by atoms with Crippen LogP contribution in [-0.2, 0) is 0 Å². The van der Waals surface area contributed by atoms with Gasteiger partial charge in [0.25, 0.3) is 0 Å². The first-order valence-corrected chi connectivity index (χ1v) is 7.24. The Balaban J connectivity index is 2.53. The Morgan fingerprint density at radius 1 is 1.41 bits per heavy atom. The van der Waals surface area contributed by atoms with E-state index in [0.717, 1.165) is 24.7 Å². The van der Waals surface area contributed by atoms with Gasteiger partial charge in [-0.2, -0.15) is 0 Å². The summed E-state index contributed by atoms with van der Waals surface area (Å²) in [6, 6.07) is 0.